The topological polar surface area (TPSA) is 38.9 Å². The first-order valence-corrected chi connectivity index (χ1v) is 6.45. The Balaban J connectivity index is 2.24. The van der Waals surface area contributed by atoms with Gasteiger partial charge in [0.25, 0.3) is 0 Å². The van der Waals surface area contributed by atoms with Crippen LogP contribution in [0.25, 0.3) is 0 Å². The van der Waals surface area contributed by atoms with Gasteiger partial charge in [-0.15, -0.1) is 0 Å². The molecule has 0 saturated heterocycles. The van der Waals surface area contributed by atoms with Crippen molar-refractivity contribution in [2.45, 2.75) is 19.4 Å². The third-order valence-electron chi connectivity index (χ3n) is 2.92. The molecule has 1 aromatic heterocycles. The highest BCUT2D eigenvalue weighted by atomic mass is 35.5. The maximum atomic E-state index is 6.21. The summed E-state index contributed by atoms with van der Waals surface area (Å²) in [6.45, 7) is 1.95. The first-order valence-electron chi connectivity index (χ1n) is 5.69. The van der Waals surface area contributed by atoms with E-state index < -0.39 is 0 Å². The molecular weight excluding hydrogens is 267 g/mol. The summed E-state index contributed by atoms with van der Waals surface area (Å²) in [6.07, 6.45) is 2.41. The molecule has 1 atom stereocenters. The van der Waals surface area contributed by atoms with E-state index >= 15 is 0 Å². The second-order valence-electron chi connectivity index (χ2n) is 4.20. The molecule has 1 heterocycles. The molecule has 0 aliphatic rings. The molecule has 2 rings (SSSR count). The average molecular weight is 281 g/mol. The lowest BCUT2D eigenvalue weighted by Crippen LogP contribution is -2.15. The van der Waals surface area contributed by atoms with E-state index in [0.29, 0.717) is 16.5 Å². The number of hydrogen-bond acceptors (Lipinski definition) is 2. The van der Waals surface area contributed by atoms with Gasteiger partial charge in [0.15, 0.2) is 0 Å². The Bertz CT molecular complexity index is 555. The number of rotatable bonds is 3. The highest BCUT2D eigenvalue weighted by molar-refractivity contribution is 6.42. The van der Waals surface area contributed by atoms with Crippen molar-refractivity contribution < 1.29 is 0 Å². The molecule has 4 heteroatoms. The fourth-order valence-electron chi connectivity index (χ4n) is 1.94. The number of halogens is 2. The molecular formula is C14H14Cl2N2. The van der Waals surface area contributed by atoms with Crippen molar-refractivity contribution in [1.82, 2.24) is 4.98 Å². The molecule has 1 aromatic carbocycles. The van der Waals surface area contributed by atoms with Crippen LogP contribution < -0.4 is 5.73 Å². The fraction of sp³-hybridized carbons (Fsp3) is 0.214. The van der Waals surface area contributed by atoms with Gasteiger partial charge in [0, 0.05) is 17.9 Å². The quantitative estimate of drug-likeness (QED) is 0.925. The normalized spacial score (nSPS) is 12.4. The Morgan fingerprint density at radius 1 is 1.22 bits per heavy atom. The maximum absolute atomic E-state index is 6.21. The second-order valence-corrected chi connectivity index (χ2v) is 4.99. The Morgan fingerprint density at radius 2 is 2.00 bits per heavy atom. The van der Waals surface area contributed by atoms with Gasteiger partial charge in [0.2, 0.25) is 0 Å². The SMILES string of the molecule is Cc1ncccc1C(N)Cc1cccc(Cl)c1Cl. The number of nitrogens with two attached hydrogens (primary N) is 1. The van der Waals surface area contributed by atoms with E-state index in [1.165, 1.54) is 0 Å². The molecule has 94 valence electrons. The minimum absolute atomic E-state index is 0.130. The molecule has 0 fully saturated rings. The molecule has 18 heavy (non-hydrogen) atoms. The van der Waals surface area contributed by atoms with E-state index in [0.717, 1.165) is 16.8 Å². The zero-order valence-electron chi connectivity index (χ0n) is 10.0. The number of benzene rings is 1. The highest BCUT2D eigenvalue weighted by Gasteiger charge is 2.13. The van der Waals surface area contributed by atoms with Gasteiger partial charge < -0.3 is 5.73 Å². The van der Waals surface area contributed by atoms with Crippen LogP contribution in [-0.4, -0.2) is 4.98 Å². The molecule has 1 unspecified atom stereocenters. The van der Waals surface area contributed by atoms with E-state index in [4.69, 9.17) is 28.9 Å². The number of aromatic nitrogens is 1. The second kappa shape index (κ2) is 5.70. The molecule has 2 nitrogen and oxygen atoms in total. The lowest BCUT2D eigenvalue weighted by molar-refractivity contribution is 0.711. The van der Waals surface area contributed by atoms with E-state index in [2.05, 4.69) is 4.98 Å². The van der Waals surface area contributed by atoms with E-state index in [1.54, 1.807) is 12.3 Å². The van der Waals surface area contributed by atoms with Gasteiger partial charge >= 0.3 is 0 Å². The van der Waals surface area contributed by atoms with Crippen LogP contribution >= 0.6 is 23.2 Å². The smallest absolute Gasteiger partial charge is 0.0624 e. The minimum Gasteiger partial charge on any atom is -0.324 e. The van der Waals surface area contributed by atoms with Crippen molar-refractivity contribution in [3.63, 3.8) is 0 Å². The highest BCUT2D eigenvalue weighted by Crippen LogP contribution is 2.28. The molecule has 0 spiro atoms. The summed E-state index contributed by atoms with van der Waals surface area (Å²) in [5.74, 6) is 0. The van der Waals surface area contributed by atoms with Crippen molar-refractivity contribution in [3.8, 4) is 0 Å². The summed E-state index contributed by atoms with van der Waals surface area (Å²) >= 11 is 12.2. The number of nitrogens with zero attached hydrogens (tertiary/aromatic N) is 1. The average Bonchev–Trinajstić information content (AvgIpc) is 2.35. The van der Waals surface area contributed by atoms with Crippen LogP contribution in [0.5, 0.6) is 0 Å². The van der Waals surface area contributed by atoms with Crippen molar-refractivity contribution in [2.75, 3.05) is 0 Å². The van der Waals surface area contributed by atoms with Crippen molar-refractivity contribution >= 4 is 23.2 Å². The van der Waals surface area contributed by atoms with Gasteiger partial charge in [-0.25, -0.2) is 0 Å². The minimum atomic E-state index is -0.130. The zero-order valence-corrected chi connectivity index (χ0v) is 11.5. The molecule has 2 N–H and O–H groups in total. The summed E-state index contributed by atoms with van der Waals surface area (Å²) in [5.41, 5.74) is 9.15. The van der Waals surface area contributed by atoms with Crippen LogP contribution in [0.15, 0.2) is 36.5 Å². The Morgan fingerprint density at radius 3 is 2.72 bits per heavy atom. The third-order valence-corrected chi connectivity index (χ3v) is 3.78. The summed E-state index contributed by atoms with van der Waals surface area (Å²) in [6, 6.07) is 9.35. The zero-order chi connectivity index (χ0) is 13.1. The van der Waals surface area contributed by atoms with Gasteiger partial charge in [-0.1, -0.05) is 41.4 Å². The van der Waals surface area contributed by atoms with Gasteiger partial charge in [-0.05, 0) is 36.6 Å². The van der Waals surface area contributed by atoms with Gasteiger partial charge in [-0.2, -0.15) is 0 Å². The van der Waals surface area contributed by atoms with Crippen molar-refractivity contribution in [2.24, 2.45) is 5.73 Å². The summed E-state index contributed by atoms with van der Waals surface area (Å²) in [5, 5.41) is 1.14. The third kappa shape index (κ3) is 2.83. The van der Waals surface area contributed by atoms with Crippen LogP contribution in [0, 0.1) is 6.92 Å². The predicted octanol–water partition coefficient (Wildman–Crippen LogP) is 3.94. The van der Waals surface area contributed by atoms with Crippen LogP contribution in [0.3, 0.4) is 0 Å². The van der Waals surface area contributed by atoms with Gasteiger partial charge in [-0.3, -0.25) is 4.98 Å². The molecule has 0 bridgehead atoms. The molecule has 0 amide bonds. The molecule has 2 aromatic rings. The first kappa shape index (κ1) is 13.3. The first-order chi connectivity index (χ1) is 8.59. The number of pyridine rings is 1. The Hall–Kier alpha value is -1.09. The predicted molar refractivity (Wildman–Crippen MR) is 76.1 cm³/mol. The van der Waals surface area contributed by atoms with E-state index in [1.807, 2.05) is 31.2 Å². The summed E-state index contributed by atoms with van der Waals surface area (Å²) < 4.78 is 0. The fourth-order valence-corrected chi connectivity index (χ4v) is 2.34. The van der Waals surface area contributed by atoms with Crippen LogP contribution in [0.2, 0.25) is 10.0 Å². The van der Waals surface area contributed by atoms with Crippen molar-refractivity contribution in [1.29, 1.82) is 0 Å². The Kier molecular flexibility index (Phi) is 4.23. The molecule has 0 saturated carbocycles. The van der Waals surface area contributed by atoms with Crippen LogP contribution in [-0.2, 0) is 6.42 Å². The molecule has 0 aliphatic carbocycles. The number of aryl methyl sites for hydroxylation is 1. The van der Waals surface area contributed by atoms with Gasteiger partial charge in [0.05, 0.1) is 10.0 Å². The van der Waals surface area contributed by atoms with Crippen LogP contribution in [0.1, 0.15) is 22.9 Å². The summed E-state index contributed by atoms with van der Waals surface area (Å²) in [4.78, 5) is 4.24. The number of hydrogen-bond donors (Lipinski definition) is 1. The van der Waals surface area contributed by atoms with Crippen molar-refractivity contribution in [3.05, 3.63) is 63.4 Å². The largest absolute Gasteiger partial charge is 0.324 e. The van der Waals surface area contributed by atoms with Gasteiger partial charge in [0.1, 0.15) is 0 Å². The van der Waals surface area contributed by atoms with Crippen LogP contribution in [0.4, 0.5) is 0 Å². The maximum Gasteiger partial charge on any atom is 0.0624 e. The molecule has 0 aliphatic heterocycles. The van der Waals surface area contributed by atoms with E-state index in [-0.39, 0.29) is 6.04 Å². The van der Waals surface area contributed by atoms with E-state index in [9.17, 15) is 0 Å². The lowest BCUT2D eigenvalue weighted by Gasteiger charge is -2.15. The lowest BCUT2D eigenvalue weighted by atomic mass is 9.99. The standard InChI is InChI=1S/C14H14Cl2N2/c1-9-11(5-3-7-18-9)13(17)8-10-4-2-6-12(15)14(10)16/h2-7,13H,8,17H2,1H3. The summed E-state index contributed by atoms with van der Waals surface area (Å²) in [7, 11) is 0. The monoisotopic (exact) mass is 280 g/mol. The Labute approximate surface area is 117 Å². The molecule has 0 radical (unpaired) electrons.